The average molecular weight is 305 g/mol. The van der Waals surface area contributed by atoms with Crippen molar-refractivity contribution in [3.8, 4) is 0 Å². The van der Waals surface area contributed by atoms with Gasteiger partial charge in [0, 0.05) is 26.6 Å². The molecule has 0 N–H and O–H groups in total. The predicted molar refractivity (Wildman–Crippen MR) is 30.7 cm³/mol. The predicted octanol–water partition coefficient (Wildman–Crippen LogP) is -0.0205. The molecule has 4 nitrogen and oxygen atoms in total. The van der Waals surface area contributed by atoms with Crippen molar-refractivity contribution in [3.05, 3.63) is 18.6 Å². The van der Waals surface area contributed by atoms with E-state index in [-0.39, 0.29) is 20.4 Å². The number of aromatic nitrogens is 4. The molecule has 5 heteroatoms. The standard InChI is InChI=1S/C5H3N4.Re/c1-2-7-5-4(6-1)3-8-9-5;/h1-3H;/q-1;. The number of nitrogens with zero attached hydrogens (tertiary/aromatic N) is 4. The van der Waals surface area contributed by atoms with Crippen LogP contribution in [0.1, 0.15) is 0 Å². The molecule has 0 aromatic carbocycles. The summed E-state index contributed by atoms with van der Waals surface area (Å²) in [6.07, 6.45) is 4.80. The van der Waals surface area contributed by atoms with Crippen molar-refractivity contribution >= 4 is 11.2 Å². The van der Waals surface area contributed by atoms with Gasteiger partial charge in [0.15, 0.2) is 0 Å². The Morgan fingerprint density at radius 2 is 2.00 bits per heavy atom. The van der Waals surface area contributed by atoms with Crippen LogP contribution in [0.5, 0.6) is 0 Å². The van der Waals surface area contributed by atoms with Gasteiger partial charge < -0.3 is 10.1 Å². The molecule has 2 aromatic heterocycles. The molecule has 0 saturated carbocycles. The Hall–Kier alpha value is -0.788. The molecule has 0 atom stereocenters. The summed E-state index contributed by atoms with van der Waals surface area (Å²) in [5.41, 5.74) is 1.36. The molecule has 2 heterocycles. The van der Waals surface area contributed by atoms with Crippen molar-refractivity contribution in [2.45, 2.75) is 0 Å². The molecular formula is C5H3N4Re-. The molecule has 0 spiro atoms. The topological polar surface area (TPSA) is 52.8 Å². The van der Waals surface area contributed by atoms with E-state index in [4.69, 9.17) is 0 Å². The van der Waals surface area contributed by atoms with Crippen LogP contribution in [-0.4, -0.2) is 15.1 Å². The first-order chi connectivity index (χ1) is 4.47. The third-order valence-corrected chi connectivity index (χ3v) is 1.04. The van der Waals surface area contributed by atoms with Crippen molar-refractivity contribution in [1.82, 2.24) is 20.2 Å². The van der Waals surface area contributed by atoms with E-state index in [0.29, 0.717) is 5.65 Å². The molecule has 2 rings (SSSR count). The van der Waals surface area contributed by atoms with Crippen molar-refractivity contribution in [1.29, 1.82) is 0 Å². The molecule has 0 aliphatic heterocycles. The summed E-state index contributed by atoms with van der Waals surface area (Å²) in [7, 11) is 0. The monoisotopic (exact) mass is 306 g/mol. The largest absolute Gasteiger partial charge is 0.438 e. The summed E-state index contributed by atoms with van der Waals surface area (Å²) in [4.78, 5) is 7.86. The zero-order valence-corrected chi connectivity index (χ0v) is 7.61. The van der Waals surface area contributed by atoms with Gasteiger partial charge in [0.1, 0.15) is 0 Å². The van der Waals surface area contributed by atoms with Gasteiger partial charge in [-0.2, -0.15) is 0 Å². The summed E-state index contributed by atoms with van der Waals surface area (Å²) in [5.74, 6) is 0. The zero-order valence-electron chi connectivity index (χ0n) is 4.90. The smallest absolute Gasteiger partial charge is 0.0815 e. The fourth-order valence-corrected chi connectivity index (χ4v) is 0.648. The summed E-state index contributed by atoms with van der Waals surface area (Å²) in [5, 5.41) is 7.32. The first kappa shape index (κ1) is 7.32. The van der Waals surface area contributed by atoms with Gasteiger partial charge in [0.05, 0.1) is 11.7 Å². The molecule has 2 aromatic rings. The molecule has 51 valence electrons. The van der Waals surface area contributed by atoms with Crippen molar-refractivity contribution < 1.29 is 20.4 Å². The summed E-state index contributed by atoms with van der Waals surface area (Å²) in [6, 6.07) is 0. The summed E-state index contributed by atoms with van der Waals surface area (Å²) in [6.45, 7) is 0. The van der Waals surface area contributed by atoms with E-state index in [1.807, 2.05) is 0 Å². The molecular weight excluding hydrogens is 302 g/mol. The van der Waals surface area contributed by atoms with Crippen LogP contribution < -0.4 is 5.10 Å². The van der Waals surface area contributed by atoms with Crippen LogP contribution in [0.2, 0.25) is 0 Å². The van der Waals surface area contributed by atoms with Gasteiger partial charge in [-0.15, -0.1) is 0 Å². The fourth-order valence-electron chi connectivity index (χ4n) is 0.648. The molecule has 0 saturated heterocycles. The fraction of sp³-hybridized carbons (Fsp3) is 0. The molecule has 1 radical (unpaired) electrons. The summed E-state index contributed by atoms with van der Waals surface area (Å²) < 4.78 is 0. The van der Waals surface area contributed by atoms with Gasteiger partial charge in [-0.3, -0.25) is 10.1 Å². The molecule has 0 aliphatic rings. The van der Waals surface area contributed by atoms with Crippen LogP contribution in [0.25, 0.3) is 11.2 Å². The maximum atomic E-state index is 3.95. The molecule has 0 bridgehead atoms. The Kier molecular flexibility index (Phi) is 2.10. The summed E-state index contributed by atoms with van der Waals surface area (Å²) >= 11 is 0. The Balaban J connectivity index is 0.000000500. The van der Waals surface area contributed by atoms with Crippen molar-refractivity contribution in [2.24, 2.45) is 0 Å². The van der Waals surface area contributed by atoms with E-state index in [1.54, 1.807) is 18.6 Å². The minimum atomic E-state index is 0. The van der Waals surface area contributed by atoms with E-state index in [1.165, 1.54) is 0 Å². The Bertz CT molecular complexity index is 288. The van der Waals surface area contributed by atoms with Gasteiger partial charge in [0.2, 0.25) is 0 Å². The van der Waals surface area contributed by atoms with Gasteiger partial charge in [-0.05, 0) is 5.65 Å². The minimum Gasteiger partial charge on any atom is -0.438 e. The normalized spacial score (nSPS) is 9.20. The Morgan fingerprint density at radius 3 is 2.80 bits per heavy atom. The minimum absolute atomic E-state index is 0. The van der Waals surface area contributed by atoms with E-state index in [9.17, 15) is 0 Å². The van der Waals surface area contributed by atoms with E-state index >= 15 is 0 Å². The maximum absolute atomic E-state index is 3.95. The van der Waals surface area contributed by atoms with E-state index in [2.05, 4.69) is 20.2 Å². The SMILES string of the molecule is [Re].c1cnc2[n-]ncc2n1. The number of hydrogen-bond acceptors (Lipinski definition) is 3. The van der Waals surface area contributed by atoms with Crippen molar-refractivity contribution in [2.75, 3.05) is 0 Å². The second-order valence-electron chi connectivity index (χ2n) is 1.61. The second kappa shape index (κ2) is 2.86. The molecule has 0 aliphatic carbocycles. The number of rotatable bonds is 0. The first-order valence-corrected chi connectivity index (χ1v) is 2.52. The molecule has 0 fully saturated rings. The Morgan fingerprint density at radius 1 is 1.20 bits per heavy atom. The third-order valence-electron chi connectivity index (χ3n) is 1.04. The van der Waals surface area contributed by atoms with Crippen LogP contribution in [0.4, 0.5) is 0 Å². The van der Waals surface area contributed by atoms with Gasteiger partial charge in [0.25, 0.3) is 0 Å². The second-order valence-corrected chi connectivity index (χ2v) is 1.61. The number of hydrogen-bond donors (Lipinski definition) is 0. The third kappa shape index (κ3) is 1.06. The van der Waals surface area contributed by atoms with Crippen LogP contribution in [-0.2, 0) is 20.4 Å². The quantitative estimate of drug-likeness (QED) is 0.686. The molecule has 0 amide bonds. The average Bonchev–Trinajstić information content (AvgIpc) is 2.33. The van der Waals surface area contributed by atoms with Gasteiger partial charge >= 0.3 is 0 Å². The van der Waals surface area contributed by atoms with E-state index < -0.39 is 0 Å². The van der Waals surface area contributed by atoms with E-state index in [0.717, 1.165) is 5.52 Å². The van der Waals surface area contributed by atoms with Crippen LogP contribution in [0, 0.1) is 0 Å². The van der Waals surface area contributed by atoms with Crippen LogP contribution >= 0.6 is 0 Å². The molecule has 0 unspecified atom stereocenters. The Labute approximate surface area is 70.7 Å². The van der Waals surface area contributed by atoms with Crippen LogP contribution in [0.3, 0.4) is 0 Å². The van der Waals surface area contributed by atoms with Crippen LogP contribution in [0.15, 0.2) is 18.6 Å². The van der Waals surface area contributed by atoms with Gasteiger partial charge in [-0.1, -0.05) is 6.20 Å². The zero-order chi connectivity index (χ0) is 6.10. The number of fused-ring (bicyclic) bond motifs is 1. The van der Waals surface area contributed by atoms with Gasteiger partial charge in [-0.25, -0.2) is 0 Å². The molecule has 10 heavy (non-hydrogen) atoms. The first-order valence-electron chi connectivity index (χ1n) is 2.52. The van der Waals surface area contributed by atoms with Crippen molar-refractivity contribution in [3.63, 3.8) is 0 Å². The maximum Gasteiger partial charge on any atom is 0.0815 e.